The number of likely N-dealkylation sites (N-methyl/N-ethyl adjacent to an activating group) is 1. The lowest BCUT2D eigenvalue weighted by atomic mass is 10.1. The molecule has 194 valence electrons. The molecule has 0 spiro atoms. The summed E-state index contributed by atoms with van der Waals surface area (Å²) in [6.07, 6.45) is 1.21. The fraction of sp³-hybridized carbons (Fsp3) is 0.250. The summed E-state index contributed by atoms with van der Waals surface area (Å²) in [6.45, 7) is -1.02. The van der Waals surface area contributed by atoms with Gasteiger partial charge in [0.25, 0.3) is 11.5 Å². The van der Waals surface area contributed by atoms with Crippen molar-refractivity contribution in [1.82, 2.24) is 14.9 Å². The Morgan fingerprint density at radius 3 is 2.59 bits per heavy atom. The van der Waals surface area contributed by atoms with Crippen LogP contribution in [-0.2, 0) is 22.7 Å². The number of nitrogens with zero attached hydrogens (tertiary/aromatic N) is 4. The van der Waals surface area contributed by atoms with E-state index in [0.29, 0.717) is 23.0 Å². The van der Waals surface area contributed by atoms with Gasteiger partial charge in [-0.3, -0.25) is 28.8 Å². The van der Waals surface area contributed by atoms with E-state index >= 15 is 0 Å². The van der Waals surface area contributed by atoms with Crippen LogP contribution in [-0.4, -0.2) is 53.3 Å². The lowest BCUT2D eigenvalue weighted by molar-refractivity contribution is -0.121. The Bertz CT molecular complexity index is 1420. The van der Waals surface area contributed by atoms with Gasteiger partial charge in [-0.25, -0.2) is 13.8 Å². The number of carbonyl (C=O) groups excluding carboxylic acids is 2. The molecule has 0 bridgehead atoms. The van der Waals surface area contributed by atoms with Crippen LogP contribution >= 0.6 is 11.6 Å². The summed E-state index contributed by atoms with van der Waals surface area (Å²) in [5.41, 5.74) is 0.937. The summed E-state index contributed by atoms with van der Waals surface area (Å²) >= 11 is 6.15. The molecular weight excluding hydrogens is 512 g/mol. The first-order valence-corrected chi connectivity index (χ1v) is 11.4. The van der Waals surface area contributed by atoms with Crippen molar-refractivity contribution in [2.45, 2.75) is 13.2 Å². The van der Waals surface area contributed by atoms with Crippen LogP contribution in [0.2, 0.25) is 5.02 Å². The highest BCUT2D eigenvalue weighted by molar-refractivity contribution is 6.31. The Morgan fingerprint density at radius 2 is 1.89 bits per heavy atom. The van der Waals surface area contributed by atoms with Crippen molar-refractivity contribution < 1.29 is 28.2 Å². The van der Waals surface area contributed by atoms with Gasteiger partial charge in [0.15, 0.2) is 5.02 Å². The third-order valence-electron chi connectivity index (χ3n) is 5.65. The second-order valence-electron chi connectivity index (χ2n) is 8.12. The Labute approximate surface area is 214 Å². The molecule has 1 aliphatic heterocycles. The molecule has 2 amide bonds. The number of ether oxygens (including phenoxy) is 1. The highest BCUT2D eigenvalue weighted by Gasteiger charge is 2.33. The maximum absolute atomic E-state index is 13.8. The number of amides is 2. The number of rotatable bonds is 8. The zero-order valence-corrected chi connectivity index (χ0v) is 20.3. The van der Waals surface area contributed by atoms with Crippen molar-refractivity contribution >= 4 is 34.8 Å². The van der Waals surface area contributed by atoms with Gasteiger partial charge in [0.1, 0.15) is 37.8 Å². The number of aliphatic hydroxyl groups is 1. The predicted molar refractivity (Wildman–Crippen MR) is 131 cm³/mol. The molecular formula is C24H22ClF2N5O5. The molecule has 0 aliphatic carbocycles. The molecule has 0 saturated heterocycles. The summed E-state index contributed by atoms with van der Waals surface area (Å²) in [6, 6.07) is 7.98. The minimum absolute atomic E-state index is 0.0251. The number of halogens is 3. The Hall–Kier alpha value is -3.87. The number of anilines is 2. The molecule has 10 nitrogen and oxygen atoms in total. The van der Waals surface area contributed by atoms with Gasteiger partial charge in [0.05, 0.1) is 24.5 Å². The summed E-state index contributed by atoms with van der Waals surface area (Å²) in [5.74, 6) is -2.58. The number of hydrogen-bond acceptors (Lipinski definition) is 7. The maximum atomic E-state index is 13.8. The molecule has 0 saturated carbocycles. The molecule has 37 heavy (non-hydrogen) atoms. The normalized spacial score (nSPS) is 12.6. The lowest BCUT2D eigenvalue weighted by Gasteiger charge is -2.18. The first-order valence-electron chi connectivity index (χ1n) is 11.0. The molecule has 2 heterocycles. The van der Waals surface area contributed by atoms with E-state index in [4.69, 9.17) is 16.3 Å². The number of fused-ring (bicyclic) bond motifs is 1. The molecule has 4 rings (SSSR count). The number of benzene rings is 2. The van der Waals surface area contributed by atoms with Crippen LogP contribution in [0.1, 0.15) is 11.1 Å². The quantitative estimate of drug-likeness (QED) is 0.452. The van der Waals surface area contributed by atoms with Gasteiger partial charge >= 0.3 is 0 Å². The number of aliphatic hydroxyl groups excluding tert-OH is 1. The molecule has 13 heteroatoms. The Kier molecular flexibility index (Phi) is 7.81. The third-order valence-corrected chi connectivity index (χ3v) is 5.98. The van der Waals surface area contributed by atoms with Crippen LogP contribution in [0.25, 0.3) is 0 Å². The van der Waals surface area contributed by atoms with Gasteiger partial charge in [0.2, 0.25) is 11.8 Å². The number of carbonyl (C=O) groups is 2. The summed E-state index contributed by atoms with van der Waals surface area (Å²) in [5, 5.41) is 11.8. The zero-order chi connectivity index (χ0) is 26.7. The van der Waals surface area contributed by atoms with E-state index in [1.165, 1.54) is 26.8 Å². The zero-order valence-electron chi connectivity index (χ0n) is 19.6. The Morgan fingerprint density at radius 1 is 1.14 bits per heavy atom. The average Bonchev–Trinajstić information content (AvgIpc) is 3.26. The van der Waals surface area contributed by atoms with Crippen LogP contribution < -0.4 is 25.4 Å². The standard InChI is InChI=1S/C24H22ClF2N5O5/c1-28-8-20(34)31-13-32(21(35)10-33)19-6-14(2-5-18(19)31)9-30-12-29-23(22(25)24(30)36)37-11-15-3-4-16(26)7-17(15)27/h2-7,12,28,33H,8-11,13H2,1H3. The van der Waals surface area contributed by atoms with E-state index in [9.17, 15) is 28.3 Å². The molecule has 0 fully saturated rings. The van der Waals surface area contributed by atoms with E-state index in [0.717, 1.165) is 6.07 Å². The SMILES string of the molecule is CNCC(=O)N1CN(C(=O)CO)c2cc(Cn3cnc(OCc4ccc(F)cc4F)c(Cl)c3=O)ccc21. The summed E-state index contributed by atoms with van der Waals surface area (Å²) in [4.78, 5) is 44.3. The van der Waals surface area contributed by atoms with E-state index in [1.807, 2.05) is 0 Å². The van der Waals surface area contributed by atoms with Gasteiger partial charge in [-0.1, -0.05) is 17.7 Å². The number of hydrogen-bond donors (Lipinski definition) is 2. The fourth-order valence-electron chi connectivity index (χ4n) is 3.81. The van der Waals surface area contributed by atoms with Gasteiger partial charge in [0, 0.05) is 11.6 Å². The highest BCUT2D eigenvalue weighted by Crippen LogP contribution is 2.37. The minimum atomic E-state index is -0.805. The maximum Gasteiger partial charge on any atom is 0.276 e. The molecule has 1 aromatic heterocycles. The van der Waals surface area contributed by atoms with Gasteiger partial charge < -0.3 is 15.2 Å². The molecule has 0 radical (unpaired) electrons. The van der Waals surface area contributed by atoms with E-state index < -0.39 is 29.7 Å². The fourth-order valence-corrected chi connectivity index (χ4v) is 4.02. The summed E-state index contributed by atoms with van der Waals surface area (Å²) in [7, 11) is 1.63. The third kappa shape index (κ3) is 5.45. The van der Waals surface area contributed by atoms with Crippen molar-refractivity contribution in [3.8, 4) is 5.88 Å². The van der Waals surface area contributed by atoms with Gasteiger partial charge in [-0.15, -0.1) is 0 Å². The van der Waals surface area contributed by atoms with E-state index in [-0.39, 0.29) is 48.7 Å². The monoisotopic (exact) mass is 533 g/mol. The summed E-state index contributed by atoms with van der Waals surface area (Å²) < 4.78 is 33.5. The van der Waals surface area contributed by atoms with Crippen LogP contribution in [0, 0.1) is 11.6 Å². The van der Waals surface area contributed by atoms with Crippen molar-refractivity contribution in [3.63, 3.8) is 0 Å². The number of aromatic nitrogens is 2. The Balaban J connectivity index is 1.56. The first-order chi connectivity index (χ1) is 17.7. The van der Waals surface area contributed by atoms with Crippen molar-refractivity contribution in [1.29, 1.82) is 0 Å². The second kappa shape index (κ2) is 11.0. The largest absolute Gasteiger partial charge is 0.471 e. The topological polar surface area (TPSA) is 117 Å². The first kappa shape index (κ1) is 26.2. The molecule has 0 unspecified atom stereocenters. The van der Waals surface area contributed by atoms with Crippen LogP contribution in [0.15, 0.2) is 47.5 Å². The van der Waals surface area contributed by atoms with Crippen molar-refractivity contribution in [2.75, 3.05) is 36.7 Å². The van der Waals surface area contributed by atoms with Gasteiger partial charge in [-0.05, 0) is 36.9 Å². The molecule has 2 N–H and O–H groups in total. The number of nitrogens with one attached hydrogen (secondary N) is 1. The smallest absolute Gasteiger partial charge is 0.276 e. The van der Waals surface area contributed by atoms with Crippen molar-refractivity contribution in [2.24, 2.45) is 0 Å². The minimum Gasteiger partial charge on any atom is -0.471 e. The lowest BCUT2D eigenvalue weighted by Crippen LogP contribution is -2.42. The van der Waals surface area contributed by atoms with Crippen molar-refractivity contribution in [3.05, 3.63) is 80.9 Å². The molecule has 2 aromatic carbocycles. The van der Waals surface area contributed by atoms with E-state index in [2.05, 4.69) is 10.3 Å². The van der Waals surface area contributed by atoms with Crippen LogP contribution in [0.4, 0.5) is 20.2 Å². The van der Waals surface area contributed by atoms with Crippen LogP contribution in [0.3, 0.4) is 0 Å². The molecule has 3 aromatic rings. The predicted octanol–water partition coefficient (Wildman–Crippen LogP) is 1.65. The highest BCUT2D eigenvalue weighted by atomic mass is 35.5. The molecule has 0 atom stereocenters. The van der Waals surface area contributed by atoms with Gasteiger partial charge in [-0.2, -0.15) is 0 Å². The molecule has 1 aliphatic rings. The van der Waals surface area contributed by atoms with E-state index in [1.54, 1.807) is 25.2 Å². The van der Waals surface area contributed by atoms with Crippen LogP contribution in [0.5, 0.6) is 5.88 Å². The average molecular weight is 534 g/mol. The second-order valence-corrected chi connectivity index (χ2v) is 8.50.